The molecule has 0 aromatic heterocycles. The molecule has 0 amide bonds. The van der Waals surface area contributed by atoms with Gasteiger partial charge in [-0.2, -0.15) is 17.2 Å². The number of aryl methyl sites for hydroxylation is 4. The standard InChI is InChI=1S/C46H50N4O8S4/c1-35-9-19-41(20-10-35)59(51,52)47-27-28-48(60(53,54)42-21-11-36(2)12-22-42)30-32-50(62(57,58)44-25-15-38(4)16-26-44)34-40-18-17-39(45-7-5-6-8-46(40)45)33-49(31-29-47)61(55,56)43-23-13-37(3)14-24-43/h5-26H,27-34H2,1-4H3. The van der Waals surface area contributed by atoms with E-state index >= 15 is 0 Å². The average molecular weight is 915 g/mol. The Morgan fingerprint density at radius 2 is 0.532 bits per heavy atom. The molecule has 0 aliphatic carbocycles. The zero-order valence-corrected chi connectivity index (χ0v) is 38.3. The van der Waals surface area contributed by atoms with E-state index in [1.165, 1.54) is 57.1 Å². The van der Waals surface area contributed by atoms with E-state index in [-0.39, 0.29) is 71.9 Å². The first-order chi connectivity index (χ1) is 29.4. The Morgan fingerprint density at radius 3 is 0.790 bits per heavy atom. The molecule has 2 aliphatic heterocycles. The van der Waals surface area contributed by atoms with Crippen molar-refractivity contribution in [3.63, 3.8) is 0 Å². The molecule has 0 saturated heterocycles. The topological polar surface area (TPSA) is 150 Å². The van der Waals surface area contributed by atoms with Gasteiger partial charge in [-0.15, -0.1) is 0 Å². The average Bonchev–Trinajstić information content (AvgIpc) is 3.24. The number of sulfonamides is 4. The molecule has 0 unspecified atom stereocenters. The van der Waals surface area contributed by atoms with Gasteiger partial charge >= 0.3 is 0 Å². The third-order valence-electron chi connectivity index (χ3n) is 11.2. The Balaban J connectivity index is 1.42. The summed E-state index contributed by atoms with van der Waals surface area (Å²) >= 11 is 0. The molecular weight excluding hydrogens is 865 g/mol. The van der Waals surface area contributed by atoms with E-state index in [0.717, 1.165) is 30.9 Å². The van der Waals surface area contributed by atoms with Crippen LogP contribution in [-0.4, -0.2) is 90.2 Å². The van der Waals surface area contributed by atoms with Crippen molar-refractivity contribution >= 4 is 50.9 Å². The second-order valence-corrected chi connectivity index (χ2v) is 23.4. The molecule has 8 rings (SSSR count). The summed E-state index contributed by atoms with van der Waals surface area (Å²) in [6, 6.07) is 36.2. The fourth-order valence-electron chi connectivity index (χ4n) is 7.46. The van der Waals surface area contributed by atoms with Crippen molar-refractivity contribution < 1.29 is 33.7 Å². The largest absolute Gasteiger partial charge is 0.243 e. The van der Waals surface area contributed by atoms with Crippen molar-refractivity contribution in [2.75, 3.05) is 39.3 Å². The molecule has 16 heteroatoms. The molecule has 6 aromatic rings. The van der Waals surface area contributed by atoms with Gasteiger partial charge in [-0.25, -0.2) is 33.7 Å². The van der Waals surface area contributed by atoms with E-state index in [0.29, 0.717) is 21.9 Å². The van der Waals surface area contributed by atoms with E-state index in [1.807, 2.05) is 52.0 Å². The van der Waals surface area contributed by atoms with Crippen LogP contribution in [-0.2, 0) is 53.2 Å². The lowest BCUT2D eigenvalue weighted by Gasteiger charge is -2.31. The molecule has 12 nitrogen and oxygen atoms in total. The smallest absolute Gasteiger partial charge is 0.207 e. The maximum absolute atomic E-state index is 14.6. The van der Waals surface area contributed by atoms with Crippen molar-refractivity contribution in [2.45, 2.75) is 60.4 Å². The van der Waals surface area contributed by atoms with Crippen LogP contribution in [0.15, 0.2) is 153 Å². The zero-order valence-electron chi connectivity index (χ0n) is 35.0. The van der Waals surface area contributed by atoms with E-state index in [2.05, 4.69) is 0 Å². The third kappa shape index (κ3) is 9.57. The quantitative estimate of drug-likeness (QED) is 0.151. The molecule has 2 aliphatic rings. The number of benzene rings is 6. The van der Waals surface area contributed by atoms with Gasteiger partial charge in [0.05, 0.1) is 19.6 Å². The summed E-state index contributed by atoms with van der Waals surface area (Å²) in [7, 11) is -17.2. The minimum Gasteiger partial charge on any atom is -0.207 e. The summed E-state index contributed by atoms with van der Waals surface area (Å²) in [6.45, 7) is 5.10. The van der Waals surface area contributed by atoms with Crippen molar-refractivity contribution in [1.29, 1.82) is 0 Å². The first kappa shape index (κ1) is 45.3. The van der Waals surface area contributed by atoms with Gasteiger partial charge in [0, 0.05) is 52.4 Å². The molecule has 2 heterocycles. The highest BCUT2D eigenvalue weighted by atomic mass is 32.2. The first-order valence-corrected chi connectivity index (χ1v) is 25.9. The summed E-state index contributed by atoms with van der Waals surface area (Å²) in [5.41, 5.74) is 4.62. The van der Waals surface area contributed by atoms with Crippen molar-refractivity contribution in [3.8, 4) is 0 Å². The number of rotatable bonds is 8. The van der Waals surface area contributed by atoms with Gasteiger partial charge in [0.1, 0.15) is 0 Å². The number of nitrogens with zero attached hydrogens (tertiary/aromatic N) is 4. The highest BCUT2D eigenvalue weighted by molar-refractivity contribution is 7.90. The maximum Gasteiger partial charge on any atom is 0.243 e. The van der Waals surface area contributed by atoms with Gasteiger partial charge in [-0.05, 0) is 98.1 Å². The lowest BCUT2D eigenvalue weighted by molar-refractivity contribution is 0.299. The summed E-state index contributed by atoms with van der Waals surface area (Å²) < 4.78 is 122. The molecule has 6 aromatic carbocycles. The predicted octanol–water partition coefficient (Wildman–Crippen LogP) is 6.85. The summed E-state index contributed by atoms with van der Waals surface area (Å²) in [6.07, 6.45) is 0. The van der Waals surface area contributed by atoms with Gasteiger partial charge in [0.2, 0.25) is 40.1 Å². The number of fused-ring (bicyclic) bond motifs is 12. The van der Waals surface area contributed by atoms with E-state index in [9.17, 15) is 33.7 Å². The van der Waals surface area contributed by atoms with Crippen LogP contribution in [0.3, 0.4) is 0 Å². The van der Waals surface area contributed by atoms with E-state index in [4.69, 9.17) is 0 Å². The highest BCUT2D eigenvalue weighted by Gasteiger charge is 2.34. The summed E-state index contributed by atoms with van der Waals surface area (Å²) in [5.74, 6) is 0. The lowest BCUT2D eigenvalue weighted by Crippen LogP contribution is -2.47. The van der Waals surface area contributed by atoms with Crippen LogP contribution in [0.1, 0.15) is 33.4 Å². The molecule has 326 valence electrons. The van der Waals surface area contributed by atoms with Crippen molar-refractivity contribution in [3.05, 3.63) is 167 Å². The van der Waals surface area contributed by atoms with Gasteiger partial charge in [0.15, 0.2) is 0 Å². The zero-order chi connectivity index (χ0) is 44.5. The molecule has 62 heavy (non-hydrogen) atoms. The number of hydrogen-bond acceptors (Lipinski definition) is 8. The van der Waals surface area contributed by atoms with Crippen LogP contribution in [0, 0.1) is 27.7 Å². The molecule has 0 saturated carbocycles. The monoisotopic (exact) mass is 914 g/mol. The molecule has 2 bridgehead atoms. The minimum atomic E-state index is -4.35. The normalized spacial score (nSPS) is 16.5. The summed E-state index contributed by atoms with van der Waals surface area (Å²) in [4.78, 5) is -0.0388. The molecule has 0 radical (unpaired) electrons. The van der Waals surface area contributed by atoms with Gasteiger partial charge < -0.3 is 0 Å². The maximum atomic E-state index is 14.6. The Morgan fingerprint density at radius 1 is 0.306 bits per heavy atom. The van der Waals surface area contributed by atoms with Gasteiger partial charge in [0.25, 0.3) is 0 Å². The van der Waals surface area contributed by atoms with Crippen molar-refractivity contribution in [2.24, 2.45) is 0 Å². The Hall–Kier alpha value is -4.78. The molecule has 0 spiro atoms. The predicted molar refractivity (Wildman–Crippen MR) is 241 cm³/mol. The Labute approximate surface area is 366 Å². The molecule has 0 N–H and O–H groups in total. The minimum absolute atomic E-state index is 0.0266. The summed E-state index contributed by atoms with van der Waals surface area (Å²) in [5, 5.41) is 1.36. The van der Waals surface area contributed by atoms with Crippen LogP contribution in [0.5, 0.6) is 0 Å². The van der Waals surface area contributed by atoms with Gasteiger partial charge in [-0.3, -0.25) is 0 Å². The third-order valence-corrected chi connectivity index (χ3v) is 18.8. The fourth-order valence-corrected chi connectivity index (χ4v) is 13.1. The Bertz CT molecular complexity index is 2810. The number of hydrogen-bond donors (Lipinski definition) is 0. The van der Waals surface area contributed by atoms with Crippen molar-refractivity contribution in [1.82, 2.24) is 17.2 Å². The SMILES string of the molecule is Cc1ccc(S(=O)(=O)N2CCN(S(=O)(=O)c3ccc(C)cc3)CCN(S(=O)(=O)c3ccc(C)cc3)Cc3ccc(c4ccccc34)CN(S(=O)(=O)c3ccc(C)cc3)CC2)cc1. The van der Waals surface area contributed by atoms with Crippen LogP contribution in [0.25, 0.3) is 10.8 Å². The van der Waals surface area contributed by atoms with Crippen LogP contribution in [0.2, 0.25) is 0 Å². The molecule has 0 atom stereocenters. The second kappa shape index (κ2) is 18.1. The van der Waals surface area contributed by atoms with E-state index < -0.39 is 40.1 Å². The van der Waals surface area contributed by atoms with Crippen LogP contribution >= 0.6 is 0 Å². The Kier molecular flexibility index (Phi) is 13.2. The van der Waals surface area contributed by atoms with E-state index in [1.54, 1.807) is 60.7 Å². The van der Waals surface area contributed by atoms with Crippen LogP contribution < -0.4 is 0 Å². The first-order valence-electron chi connectivity index (χ1n) is 20.1. The van der Waals surface area contributed by atoms with Gasteiger partial charge in [-0.1, -0.05) is 107 Å². The molecule has 0 fully saturated rings. The fraction of sp³-hybridized carbons (Fsp3) is 0.261. The molecular formula is C46H50N4O8S4. The second-order valence-electron chi connectivity index (χ2n) is 15.7. The highest BCUT2D eigenvalue weighted by Crippen LogP contribution is 2.30. The lowest BCUT2D eigenvalue weighted by atomic mass is 9.99. The van der Waals surface area contributed by atoms with Crippen LogP contribution in [0.4, 0.5) is 0 Å².